The Balaban J connectivity index is 1.59. The molecule has 3 rings (SSSR count). The molecule has 0 N–H and O–H groups in total. The van der Waals surface area contributed by atoms with Gasteiger partial charge in [-0.1, -0.05) is 0 Å². The molecule has 33 heavy (non-hydrogen) atoms. The summed E-state index contributed by atoms with van der Waals surface area (Å²) in [5.74, 6) is 0.522. The van der Waals surface area contributed by atoms with E-state index >= 15 is 0 Å². The van der Waals surface area contributed by atoms with Crippen LogP contribution in [0.15, 0.2) is 6.20 Å². The van der Waals surface area contributed by atoms with Crippen LogP contribution < -0.4 is 0 Å². The minimum absolute atomic E-state index is 0.00979. The van der Waals surface area contributed by atoms with Crippen LogP contribution in [0.25, 0.3) is 0 Å². The van der Waals surface area contributed by atoms with E-state index in [4.69, 9.17) is 14.6 Å². The summed E-state index contributed by atoms with van der Waals surface area (Å²) >= 11 is 2.40. The molecule has 1 aliphatic carbocycles. The van der Waals surface area contributed by atoms with Crippen LogP contribution in [0.1, 0.15) is 83.9 Å². The Kier molecular flexibility index (Phi) is 8.78. The Morgan fingerprint density at radius 1 is 1.27 bits per heavy atom. The Labute approximate surface area is 214 Å². The molecular formula is C24H42IN4O3P. The van der Waals surface area contributed by atoms with Crippen LogP contribution in [0.3, 0.4) is 0 Å². The van der Waals surface area contributed by atoms with Crippen molar-refractivity contribution < 1.29 is 14.3 Å². The number of aromatic nitrogens is 2. The first-order valence-corrected chi connectivity index (χ1v) is 16.1. The highest BCUT2D eigenvalue weighted by atomic mass is 127. The van der Waals surface area contributed by atoms with Crippen LogP contribution >= 0.6 is 28.4 Å². The fourth-order valence-corrected chi connectivity index (χ4v) is 6.40. The molecule has 1 atom stereocenters. The Morgan fingerprint density at radius 3 is 2.48 bits per heavy atom. The van der Waals surface area contributed by atoms with Crippen molar-refractivity contribution >= 4 is 34.5 Å². The average molecular weight is 593 g/mol. The van der Waals surface area contributed by atoms with E-state index < -0.39 is 5.60 Å². The third-order valence-corrected chi connectivity index (χ3v) is 9.41. The van der Waals surface area contributed by atoms with Crippen LogP contribution in [0, 0.1) is 5.41 Å². The van der Waals surface area contributed by atoms with Crippen molar-refractivity contribution in [2.24, 2.45) is 5.41 Å². The highest BCUT2D eigenvalue weighted by molar-refractivity contribution is 14.2. The summed E-state index contributed by atoms with van der Waals surface area (Å²) in [6.45, 7) is 13.4. The average Bonchev–Trinajstić information content (AvgIpc) is 3.26. The molecule has 2 aliphatic rings. The zero-order valence-corrected chi connectivity index (χ0v) is 24.6. The van der Waals surface area contributed by atoms with Gasteiger partial charge < -0.3 is 19.3 Å². The molecule has 1 aromatic heterocycles. The van der Waals surface area contributed by atoms with E-state index in [2.05, 4.69) is 58.5 Å². The fraction of sp³-hybridized carbons (Fsp3) is 0.833. The predicted octanol–water partition coefficient (Wildman–Crippen LogP) is 5.82. The molecule has 9 heteroatoms. The van der Waals surface area contributed by atoms with E-state index in [0.717, 1.165) is 19.7 Å². The van der Waals surface area contributed by atoms with Crippen molar-refractivity contribution in [3.63, 3.8) is 0 Å². The molecule has 1 amide bonds. The summed E-state index contributed by atoms with van der Waals surface area (Å²) in [6, 6.07) is 0. The van der Waals surface area contributed by atoms with E-state index in [1.165, 1.54) is 43.4 Å². The second kappa shape index (κ2) is 10.7. The van der Waals surface area contributed by atoms with Crippen LogP contribution in [-0.4, -0.2) is 70.4 Å². The standard InChI is InChI=1S/C24H42IN4O3P/c1-22(2,3)32-21(30)28(7)14-13-27(6)16-19-17-29(33-25)26-20(19)18-8-10-24(11-9-18)12-15-31-23(24,4)5/h17-18,33H,8-16H2,1-7H3. The van der Waals surface area contributed by atoms with Gasteiger partial charge in [0.05, 0.1) is 17.7 Å². The molecule has 1 aromatic rings. The minimum atomic E-state index is -0.473. The summed E-state index contributed by atoms with van der Waals surface area (Å²) in [6.07, 6.45) is 8.56. The molecule has 188 valence electrons. The maximum Gasteiger partial charge on any atom is 0.410 e. The van der Waals surface area contributed by atoms with E-state index in [9.17, 15) is 4.79 Å². The first-order valence-electron chi connectivity index (χ1n) is 12.1. The van der Waals surface area contributed by atoms with Crippen molar-refractivity contribution in [3.05, 3.63) is 17.5 Å². The van der Waals surface area contributed by atoms with Gasteiger partial charge in [-0.25, -0.2) is 9.25 Å². The summed E-state index contributed by atoms with van der Waals surface area (Å²) in [5, 5.41) is 5.00. The quantitative estimate of drug-likeness (QED) is 0.295. The fourth-order valence-electron chi connectivity index (χ4n) is 5.31. The number of carbonyl (C=O) groups excluding carboxylic acids is 1. The van der Waals surface area contributed by atoms with Crippen molar-refractivity contribution in [2.75, 3.05) is 33.8 Å². The van der Waals surface area contributed by atoms with Crippen LogP contribution in [-0.2, 0) is 16.0 Å². The Morgan fingerprint density at radius 2 is 1.94 bits per heavy atom. The monoisotopic (exact) mass is 592 g/mol. The highest BCUT2D eigenvalue weighted by Gasteiger charge is 2.51. The van der Waals surface area contributed by atoms with Gasteiger partial charge in [-0.05, 0) is 95.8 Å². The largest absolute Gasteiger partial charge is 0.444 e. The maximum absolute atomic E-state index is 12.2. The van der Waals surface area contributed by atoms with Gasteiger partial charge in [-0.2, -0.15) is 5.10 Å². The molecule has 2 heterocycles. The number of likely N-dealkylation sites (N-methyl/N-ethyl adjacent to an activating group) is 2. The zero-order valence-electron chi connectivity index (χ0n) is 21.4. The van der Waals surface area contributed by atoms with Crippen LogP contribution in [0.2, 0.25) is 0 Å². The SMILES string of the molecule is CN(CCN(C)C(=O)OC(C)(C)C)Cc1cn(PI)nc1C1CCC2(CCOC2(C)C)CC1. The summed E-state index contributed by atoms with van der Waals surface area (Å²) in [4.78, 5) is 16.2. The zero-order chi connectivity index (χ0) is 24.4. The molecular weight excluding hydrogens is 550 g/mol. The molecule has 2 fully saturated rings. The van der Waals surface area contributed by atoms with Crippen molar-refractivity contribution in [1.29, 1.82) is 0 Å². The maximum atomic E-state index is 12.2. The van der Waals surface area contributed by atoms with Gasteiger partial charge in [0.2, 0.25) is 0 Å². The lowest BCUT2D eigenvalue weighted by Crippen LogP contribution is -2.42. The van der Waals surface area contributed by atoms with Gasteiger partial charge in [-0.3, -0.25) is 0 Å². The lowest BCUT2D eigenvalue weighted by Gasteiger charge is -2.45. The van der Waals surface area contributed by atoms with Gasteiger partial charge >= 0.3 is 6.09 Å². The number of carbonyl (C=O) groups is 1. The van der Waals surface area contributed by atoms with E-state index in [0.29, 0.717) is 24.3 Å². The minimum Gasteiger partial charge on any atom is -0.444 e. The number of amides is 1. The van der Waals surface area contributed by atoms with Gasteiger partial charge in [0.1, 0.15) is 5.60 Å². The van der Waals surface area contributed by atoms with Gasteiger partial charge in [0, 0.05) is 56.4 Å². The number of nitrogens with zero attached hydrogens (tertiary/aromatic N) is 4. The van der Waals surface area contributed by atoms with Crippen molar-refractivity contribution in [3.8, 4) is 0 Å². The van der Waals surface area contributed by atoms with E-state index in [1.807, 2.05) is 20.8 Å². The lowest BCUT2D eigenvalue weighted by atomic mass is 9.61. The number of halogens is 1. The molecule has 1 spiro atoms. The molecule has 1 saturated carbocycles. The Hall–Kier alpha value is -0.440. The third kappa shape index (κ3) is 6.62. The third-order valence-electron chi connectivity index (χ3n) is 7.52. The van der Waals surface area contributed by atoms with Crippen molar-refractivity contribution in [1.82, 2.24) is 19.4 Å². The number of hydrogen-bond acceptors (Lipinski definition) is 5. The molecule has 0 aromatic carbocycles. The molecule has 7 nitrogen and oxygen atoms in total. The Bertz CT molecular complexity index is 815. The van der Waals surface area contributed by atoms with E-state index in [-0.39, 0.29) is 11.7 Å². The second-order valence-corrected chi connectivity index (χ2v) is 13.4. The number of hydrogen-bond donors (Lipinski definition) is 0. The molecule has 0 radical (unpaired) electrons. The number of ether oxygens (including phenoxy) is 2. The lowest BCUT2D eigenvalue weighted by molar-refractivity contribution is -0.0510. The summed E-state index contributed by atoms with van der Waals surface area (Å²) in [7, 11) is 3.92. The molecule has 1 aliphatic heterocycles. The highest BCUT2D eigenvalue weighted by Crippen LogP contribution is 2.55. The van der Waals surface area contributed by atoms with Crippen molar-refractivity contribution in [2.45, 2.75) is 90.4 Å². The van der Waals surface area contributed by atoms with Gasteiger partial charge in [0.15, 0.2) is 0 Å². The van der Waals surface area contributed by atoms with Crippen LogP contribution in [0.5, 0.6) is 0 Å². The number of rotatable bonds is 7. The first kappa shape index (κ1) is 27.2. The normalized spacial score (nSPS) is 25.4. The topological polar surface area (TPSA) is 59.8 Å². The second-order valence-electron chi connectivity index (χ2n) is 11.4. The summed E-state index contributed by atoms with van der Waals surface area (Å²) in [5.41, 5.74) is 2.45. The predicted molar refractivity (Wildman–Crippen MR) is 143 cm³/mol. The van der Waals surface area contributed by atoms with Crippen LogP contribution in [0.4, 0.5) is 4.79 Å². The smallest absolute Gasteiger partial charge is 0.410 e. The first-order chi connectivity index (χ1) is 15.4. The van der Waals surface area contributed by atoms with E-state index in [1.54, 1.807) is 11.9 Å². The molecule has 1 unspecified atom stereocenters. The van der Waals surface area contributed by atoms with Gasteiger partial charge in [0.25, 0.3) is 0 Å². The summed E-state index contributed by atoms with van der Waals surface area (Å²) < 4.78 is 13.7. The van der Waals surface area contributed by atoms with Gasteiger partial charge in [-0.15, -0.1) is 0 Å². The molecule has 1 saturated heterocycles. The molecule has 0 bridgehead atoms.